The van der Waals surface area contributed by atoms with E-state index in [-0.39, 0.29) is 12.4 Å². The molecule has 19 heavy (non-hydrogen) atoms. The predicted octanol–water partition coefficient (Wildman–Crippen LogP) is 1.46. The third-order valence-electron chi connectivity index (χ3n) is 2.80. The van der Waals surface area contributed by atoms with Gasteiger partial charge in [-0.05, 0) is 26.0 Å². The van der Waals surface area contributed by atoms with Gasteiger partial charge in [0.2, 0.25) is 0 Å². The molecule has 0 aliphatic carbocycles. The van der Waals surface area contributed by atoms with Gasteiger partial charge in [0.15, 0.2) is 11.9 Å². The van der Waals surface area contributed by atoms with Crippen LogP contribution in [0.4, 0.5) is 0 Å². The fourth-order valence-corrected chi connectivity index (χ4v) is 1.58. The Morgan fingerprint density at radius 2 is 2.11 bits per heavy atom. The second-order valence-corrected chi connectivity index (χ2v) is 4.07. The van der Waals surface area contributed by atoms with Gasteiger partial charge in [-0.3, -0.25) is 9.79 Å². The maximum absolute atomic E-state index is 11.2. The Kier molecular flexibility index (Phi) is 5.51. The topological polar surface area (TPSA) is 68.1 Å². The lowest BCUT2D eigenvalue weighted by atomic mass is 10.1. The van der Waals surface area contributed by atoms with Crippen molar-refractivity contribution in [2.24, 2.45) is 4.99 Å². The van der Waals surface area contributed by atoms with E-state index in [0.717, 1.165) is 11.3 Å². The van der Waals surface area contributed by atoms with Crippen molar-refractivity contribution in [1.82, 2.24) is 0 Å². The summed E-state index contributed by atoms with van der Waals surface area (Å²) in [5, 5.41) is 9.07. The van der Waals surface area contributed by atoms with Crippen molar-refractivity contribution in [3.63, 3.8) is 0 Å². The SMILES string of the molecule is CN=C(C)c1ccc(O[C@@H](CO)C(C)=O)cc1OC. The van der Waals surface area contributed by atoms with Crippen LogP contribution in [0, 0.1) is 0 Å². The summed E-state index contributed by atoms with van der Waals surface area (Å²) in [7, 11) is 3.26. The summed E-state index contributed by atoms with van der Waals surface area (Å²) in [6, 6.07) is 5.21. The molecule has 1 aromatic rings. The quantitative estimate of drug-likeness (QED) is 0.791. The fraction of sp³-hybridized carbons (Fsp3) is 0.429. The van der Waals surface area contributed by atoms with Gasteiger partial charge in [0.1, 0.15) is 11.5 Å². The van der Waals surface area contributed by atoms with Crippen LogP contribution in [-0.4, -0.2) is 43.5 Å². The van der Waals surface area contributed by atoms with E-state index in [1.54, 1.807) is 26.3 Å². The van der Waals surface area contributed by atoms with Gasteiger partial charge in [-0.15, -0.1) is 0 Å². The number of benzene rings is 1. The minimum Gasteiger partial charge on any atom is -0.496 e. The zero-order valence-corrected chi connectivity index (χ0v) is 11.6. The molecule has 1 aromatic carbocycles. The Balaban J connectivity index is 3.03. The predicted molar refractivity (Wildman–Crippen MR) is 73.3 cm³/mol. The summed E-state index contributed by atoms with van der Waals surface area (Å²) in [4.78, 5) is 15.3. The molecular weight excluding hydrogens is 246 g/mol. The van der Waals surface area contributed by atoms with Crippen molar-refractivity contribution < 1.29 is 19.4 Å². The average molecular weight is 265 g/mol. The van der Waals surface area contributed by atoms with Crippen molar-refractivity contribution in [3.8, 4) is 11.5 Å². The number of aliphatic imine (C=N–C) groups is 1. The number of rotatable bonds is 6. The number of aliphatic hydroxyl groups excluding tert-OH is 1. The zero-order chi connectivity index (χ0) is 14.4. The van der Waals surface area contributed by atoms with Crippen molar-refractivity contribution >= 4 is 11.5 Å². The Morgan fingerprint density at radius 3 is 2.58 bits per heavy atom. The molecule has 0 radical (unpaired) electrons. The summed E-state index contributed by atoms with van der Waals surface area (Å²) < 4.78 is 10.7. The number of hydrogen-bond acceptors (Lipinski definition) is 5. The van der Waals surface area contributed by atoms with Crippen LogP contribution < -0.4 is 9.47 Å². The molecule has 104 valence electrons. The van der Waals surface area contributed by atoms with E-state index in [2.05, 4.69) is 4.99 Å². The lowest BCUT2D eigenvalue weighted by molar-refractivity contribution is -0.125. The fourth-order valence-electron chi connectivity index (χ4n) is 1.58. The van der Waals surface area contributed by atoms with Crippen molar-refractivity contribution in [2.75, 3.05) is 20.8 Å². The monoisotopic (exact) mass is 265 g/mol. The van der Waals surface area contributed by atoms with Gasteiger partial charge in [0, 0.05) is 24.4 Å². The van der Waals surface area contributed by atoms with Crippen LogP contribution in [0.5, 0.6) is 11.5 Å². The Morgan fingerprint density at radius 1 is 1.42 bits per heavy atom. The van der Waals surface area contributed by atoms with Crippen LogP contribution in [-0.2, 0) is 4.79 Å². The van der Waals surface area contributed by atoms with Crippen molar-refractivity contribution in [3.05, 3.63) is 23.8 Å². The van der Waals surface area contributed by atoms with Gasteiger partial charge in [-0.2, -0.15) is 0 Å². The van der Waals surface area contributed by atoms with E-state index in [0.29, 0.717) is 11.5 Å². The molecule has 0 saturated carbocycles. The third kappa shape index (κ3) is 3.79. The summed E-state index contributed by atoms with van der Waals surface area (Å²) >= 11 is 0. The number of hydrogen-bond donors (Lipinski definition) is 1. The lowest BCUT2D eigenvalue weighted by Gasteiger charge is -2.16. The number of Topliss-reactive ketones (excluding diaryl/α,β-unsaturated/α-hetero) is 1. The molecule has 0 spiro atoms. The number of nitrogens with zero attached hydrogens (tertiary/aromatic N) is 1. The smallest absolute Gasteiger partial charge is 0.179 e. The molecule has 0 aromatic heterocycles. The van der Waals surface area contributed by atoms with E-state index >= 15 is 0 Å². The molecule has 0 amide bonds. The van der Waals surface area contributed by atoms with E-state index in [1.165, 1.54) is 6.92 Å². The molecule has 0 aliphatic heterocycles. The molecule has 0 heterocycles. The molecule has 0 unspecified atom stereocenters. The maximum Gasteiger partial charge on any atom is 0.179 e. The van der Waals surface area contributed by atoms with Crippen LogP contribution in [0.3, 0.4) is 0 Å². The molecule has 1 N–H and O–H groups in total. The number of carbonyl (C=O) groups excluding carboxylic acids is 1. The van der Waals surface area contributed by atoms with Crippen LogP contribution in [0.1, 0.15) is 19.4 Å². The molecule has 1 atom stereocenters. The number of methoxy groups -OCH3 is 1. The summed E-state index contributed by atoms with van der Waals surface area (Å²) in [5.74, 6) is 0.858. The highest BCUT2D eigenvalue weighted by Gasteiger charge is 2.16. The first-order valence-corrected chi connectivity index (χ1v) is 5.93. The van der Waals surface area contributed by atoms with Gasteiger partial charge < -0.3 is 14.6 Å². The van der Waals surface area contributed by atoms with Crippen molar-refractivity contribution in [2.45, 2.75) is 20.0 Å². The van der Waals surface area contributed by atoms with E-state index in [4.69, 9.17) is 14.6 Å². The largest absolute Gasteiger partial charge is 0.496 e. The molecular formula is C14H19NO4. The van der Waals surface area contributed by atoms with Crippen LogP contribution >= 0.6 is 0 Å². The van der Waals surface area contributed by atoms with Gasteiger partial charge in [-0.1, -0.05) is 0 Å². The van der Waals surface area contributed by atoms with E-state index in [1.807, 2.05) is 13.0 Å². The number of aliphatic hydroxyl groups is 1. The molecule has 1 rings (SSSR count). The van der Waals surface area contributed by atoms with Gasteiger partial charge in [-0.25, -0.2) is 0 Å². The Labute approximate surface area is 112 Å². The Bertz CT molecular complexity index is 482. The van der Waals surface area contributed by atoms with Gasteiger partial charge in [0.05, 0.1) is 13.7 Å². The highest BCUT2D eigenvalue weighted by molar-refractivity contribution is 6.01. The number of ether oxygens (including phenoxy) is 2. The normalized spacial score (nSPS) is 13.0. The third-order valence-corrected chi connectivity index (χ3v) is 2.80. The molecule has 5 nitrogen and oxygen atoms in total. The van der Waals surface area contributed by atoms with Gasteiger partial charge >= 0.3 is 0 Å². The standard InChI is InChI=1S/C14H19NO4/c1-9(15-3)12-6-5-11(7-13(12)18-4)19-14(8-16)10(2)17/h5-7,14,16H,8H2,1-4H3/t14-/m0/s1. The van der Waals surface area contributed by atoms with Gasteiger partial charge in [0.25, 0.3) is 0 Å². The highest BCUT2D eigenvalue weighted by atomic mass is 16.5. The van der Waals surface area contributed by atoms with Crippen LogP contribution in [0.2, 0.25) is 0 Å². The molecule has 0 saturated heterocycles. The average Bonchev–Trinajstić information content (AvgIpc) is 2.43. The molecule has 0 aliphatic rings. The number of ketones is 1. The lowest BCUT2D eigenvalue weighted by Crippen LogP contribution is -2.28. The maximum atomic E-state index is 11.2. The first kappa shape index (κ1) is 15.2. The first-order valence-electron chi connectivity index (χ1n) is 5.93. The first-order chi connectivity index (χ1) is 9.03. The van der Waals surface area contributed by atoms with Crippen LogP contribution in [0.25, 0.3) is 0 Å². The minimum atomic E-state index is -0.850. The zero-order valence-electron chi connectivity index (χ0n) is 11.6. The van der Waals surface area contributed by atoms with Crippen LogP contribution in [0.15, 0.2) is 23.2 Å². The second-order valence-electron chi connectivity index (χ2n) is 4.07. The summed E-state index contributed by atoms with van der Waals surface area (Å²) in [5.41, 5.74) is 1.70. The minimum absolute atomic E-state index is 0.225. The highest BCUT2D eigenvalue weighted by Crippen LogP contribution is 2.26. The second kappa shape index (κ2) is 6.89. The molecule has 0 fully saturated rings. The number of carbonyl (C=O) groups is 1. The summed E-state index contributed by atoms with van der Waals surface area (Å²) in [6.07, 6.45) is -0.850. The van der Waals surface area contributed by atoms with Crippen molar-refractivity contribution in [1.29, 1.82) is 0 Å². The summed E-state index contributed by atoms with van der Waals surface area (Å²) in [6.45, 7) is 2.90. The Hall–Kier alpha value is -1.88. The molecule has 0 bridgehead atoms. The van der Waals surface area contributed by atoms with E-state index in [9.17, 15) is 4.79 Å². The molecule has 5 heteroatoms. The van der Waals surface area contributed by atoms with E-state index < -0.39 is 6.10 Å².